The second-order valence-corrected chi connectivity index (χ2v) is 6.74. The molecule has 1 aromatic carbocycles. The summed E-state index contributed by atoms with van der Waals surface area (Å²) in [5.41, 5.74) is 4.99. The predicted molar refractivity (Wildman–Crippen MR) is 98.2 cm³/mol. The topological polar surface area (TPSA) is 35.2 Å². The number of H-pyrrole nitrogens is 1. The SMILES string of the molecule is Cc1cccc2c(C(c3ccccn3)N3CCN(C)CC3)c[nH]c12. The summed E-state index contributed by atoms with van der Waals surface area (Å²) in [6.07, 6.45) is 4.08. The molecule has 1 atom stereocenters. The lowest BCUT2D eigenvalue weighted by molar-refractivity contribution is 0.126. The first-order valence-corrected chi connectivity index (χ1v) is 8.64. The van der Waals surface area contributed by atoms with E-state index in [4.69, 9.17) is 0 Å². The fourth-order valence-electron chi connectivity index (χ4n) is 3.71. The van der Waals surface area contributed by atoms with Crippen LogP contribution in [-0.2, 0) is 0 Å². The highest BCUT2D eigenvalue weighted by atomic mass is 15.3. The quantitative estimate of drug-likeness (QED) is 0.805. The Morgan fingerprint density at radius 2 is 1.88 bits per heavy atom. The van der Waals surface area contributed by atoms with Crippen LogP contribution < -0.4 is 0 Å². The van der Waals surface area contributed by atoms with Crippen LogP contribution in [0.1, 0.15) is 22.9 Å². The van der Waals surface area contributed by atoms with Crippen molar-refractivity contribution in [2.45, 2.75) is 13.0 Å². The summed E-state index contributed by atoms with van der Waals surface area (Å²) in [5, 5.41) is 1.31. The summed E-state index contributed by atoms with van der Waals surface area (Å²) in [6.45, 7) is 6.50. The van der Waals surface area contributed by atoms with E-state index in [1.165, 1.54) is 22.0 Å². The molecule has 0 radical (unpaired) electrons. The zero-order valence-corrected chi connectivity index (χ0v) is 14.4. The minimum Gasteiger partial charge on any atom is -0.361 e. The lowest BCUT2D eigenvalue weighted by atomic mass is 9.99. The molecule has 1 fully saturated rings. The van der Waals surface area contributed by atoms with Gasteiger partial charge in [0, 0.05) is 55.0 Å². The van der Waals surface area contributed by atoms with Crippen LogP contribution >= 0.6 is 0 Å². The van der Waals surface area contributed by atoms with Crippen molar-refractivity contribution in [2.24, 2.45) is 0 Å². The second-order valence-electron chi connectivity index (χ2n) is 6.74. The zero-order chi connectivity index (χ0) is 16.5. The van der Waals surface area contributed by atoms with Crippen LogP contribution in [0.2, 0.25) is 0 Å². The third-order valence-electron chi connectivity index (χ3n) is 5.12. The van der Waals surface area contributed by atoms with Gasteiger partial charge in [-0.3, -0.25) is 9.88 Å². The van der Waals surface area contributed by atoms with Crippen LogP contribution in [0.3, 0.4) is 0 Å². The molecule has 1 aliphatic rings. The molecule has 24 heavy (non-hydrogen) atoms. The summed E-state index contributed by atoms with van der Waals surface area (Å²) >= 11 is 0. The van der Waals surface area contributed by atoms with Crippen molar-refractivity contribution >= 4 is 10.9 Å². The number of benzene rings is 1. The maximum atomic E-state index is 4.69. The molecule has 0 spiro atoms. The van der Waals surface area contributed by atoms with Gasteiger partial charge in [0.1, 0.15) is 0 Å². The van der Waals surface area contributed by atoms with E-state index in [9.17, 15) is 0 Å². The standard InChI is InChI=1S/C20H24N4/c1-15-6-5-7-16-17(14-22-19(15)16)20(18-8-3-4-9-21-18)24-12-10-23(2)11-13-24/h3-9,14,20,22H,10-13H2,1-2H3. The molecule has 0 bridgehead atoms. The van der Waals surface area contributed by atoms with Crippen molar-refractivity contribution in [3.05, 3.63) is 65.6 Å². The number of aryl methyl sites for hydroxylation is 1. The Bertz CT molecular complexity index is 816. The molecule has 4 heteroatoms. The third kappa shape index (κ3) is 2.72. The highest BCUT2D eigenvalue weighted by Crippen LogP contribution is 2.34. The summed E-state index contributed by atoms with van der Waals surface area (Å²) in [6, 6.07) is 13.0. The number of hydrogen-bond acceptors (Lipinski definition) is 3. The smallest absolute Gasteiger partial charge is 0.0798 e. The molecule has 124 valence electrons. The summed E-state index contributed by atoms with van der Waals surface area (Å²) in [5.74, 6) is 0. The monoisotopic (exact) mass is 320 g/mol. The molecule has 1 saturated heterocycles. The Morgan fingerprint density at radius 3 is 2.62 bits per heavy atom. The number of para-hydroxylation sites is 1. The minimum absolute atomic E-state index is 0.204. The largest absolute Gasteiger partial charge is 0.361 e. The lowest BCUT2D eigenvalue weighted by Gasteiger charge is -2.37. The van der Waals surface area contributed by atoms with E-state index in [-0.39, 0.29) is 6.04 Å². The first-order valence-electron chi connectivity index (χ1n) is 8.64. The maximum Gasteiger partial charge on any atom is 0.0798 e. The summed E-state index contributed by atoms with van der Waals surface area (Å²) < 4.78 is 0. The van der Waals surface area contributed by atoms with Gasteiger partial charge < -0.3 is 9.88 Å². The van der Waals surface area contributed by atoms with Gasteiger partial charge in [0.25, 0.3) is 0 Å². The van der Waals surface area contributed by atoms with Gasteiger partial charge in [0.05, 0.1) is 11.7 Å². The number of rotatable bonds is 3. The number of nitrogens with one attached hydrogen (secondary N) is 1. The predicted octanol–water partition coefficient (Wildman–Crippen LogP) is 3.21. The summed E-state index contributed by atoms with van der Waals surface area (Å²) in [4.78, 5) is 13.1. The van der Waals surface area contributed by atoms with Crippen molar-refractivity contribution in [2.75, 3.05) is 33.2 Å². The minimum atomic E-state index is 0.204. The lowest BCUT2D eigenvalue weighted by Crippen LogP contribution is -2.46. The van der Waals surface area contributed by atoms with Crippen molar-refractivity contribution in [1.29, 1.82) is 0 Å². The van der Waals surface area contributed by atoms with E-state index in [2.05, 4.69) is 70.3 Å². The highest BCUT2D eigenvalue weighted by Gasteiger charge is 2.28. The number of nitrogens with zero attached hydrogens (tertiary/aromatic N) is 3. The normalized spacial score (nSPS) is 18.1. The Balaban J connectivity index is 1.81. The number of aromatic nitrogens is 2. The number of aromatic amines is 1. The van der Waals surface area contributed by atoms with E-state index in [1.807, 2.05) is 12.3 Å². The molecular weight excluding hydrogens is 296 g/mol. The third-order valence-corrected chi connectivity index (χ3v) is 5.12. The van der Waals surface area contributed by atoms with Crippen molar-refractivity contribution in [1.82, 2.24) is 19.8 Å². The Hall–Kier alpha value is -2.17. The van der Waals surface area contributed by atoms with Crippen LogP contribution in [-0.4, -0.2) is 53.0 Å². The van der Waals surface area contributed by atoms with Gasteiger partial charge in [-0.2, -0.15) is 0 Å². The van der Waals surface area contributed by atoms with Gasteiger partial charge in [0.2, 0.25) is 0 Å². The molecular formula is C20H24N4. The van der Waals surface area contributed by atoms with Gasteiger partial charge in [-0.05, 0) is 31.7 Å². The average Bonchev–Trinajstić information content (AvgIpc) is 3.03. The average molecular weight is 320 g/mol. The number of hydrogen-bond donors (Lipinski definition) is 1. The van der Waals surface area contributed by atoms with Crippen molar-refractivity contribution < 1.29 is 0 Å². The molecule has 0 saturated carbocycles. The van der Waals surface area contributed by atoms with Gasteiger partial charge in [-0.1, -0.05) is 24.3 Å². The molecule has 0 aliphatic carbocycles. The summed E-state index contributed by atoms with van der Waals surface area (Å²) in [7, 11) is 2.20. The molecule has 0 amide bonds. The van der Waals surface area contributed by atoms with Crippen molar-refractivity contribution in [3.8, 4) is 0 Å². The molecule has 4 rings (SSSR count). The van der Waals surface area contributed by atoms with Crippen LogP contribution in [0.15, 0.2) is 48.8 Å². The van der Waals surface area contributed by atoms with E-state index in [0.717, 1.165) is 31.9 Å². The fourth-order valence-corrected chi connectivity index (χ4v) is 3.71. The van der Waals surface area contributed by atoms with Crippen LogP contribution in [0, 0.1) is 6.92 Å². The van der Waals surface area contributed by atoms with E-state index in [1.54, 1.807) is 0 Å². The second kappa shape index (κ2) is 6.38. The zero-order valence-electron chi connectivity index (χ0n) is 14.4. The van der Waals surface area contributed by atoms with E-state index < -0.39 is 0 Å². The number of pyridine rings is 1. The molecule has 3 heterocycles. The number of piperazine rings is 1. The number of fused-ring (bicyclic) bond motifs is 1. The maximum absolute atomic E-state index is 4.69. The van der Waals surface area contributed by atoms with Crippen LogP contribution in [0.4, 0.5) is 0 Å². The number of likely N-dealkylation sites (N-methyl/N-ethyl adjacent to an activating group) is 1. The van der Waals surface area contributed by atoms with Crippen LogP contribution in [0.25, 0.3) is 10.9 Å². The van der Waals surface area contributed by atoms with E-state index in [0.29, 0.717) is 0 Å². The molecule has 1 aliphatic heterocycles. The van der Waals surface area contributed by atoms with Crippen molar-refractivity contribution in [3.63, 3.8) is 0 Å². The molecule has 1 unspecified atom stereocenters. The van der Waals surface area contributed by atoms with Gasteiger partial charge in [0.15, 0.2) is 0 Å². The Labute approximate surface area is 143 Å². The Kier molecular flexibility index (Phi) is 4.08. The van der Waals surface area contributed by atoms with Gasteiger partial charge >= 0.3 is 0 Å². The molecule has 1 N–H and O–H groups in total. The van der Waals surface area contributed by atoms with Gasteiger partial charge in [-0.15, -0.1) is 0 Å². The van der Waals surface area contributed by atoms with E-state index >= 15 is 0 Å². The first kappa shape index (κ1) is 15.4. The Morgan fingerprint density at radius 1 is 1.04 bits per heavy atom. The van der Waals surface area contributed by atoms with Crippen LogP contribution in [0.5, 0.6) is 0 Å². The highest BCUT2D eigenvalue weighted by molar-refractivity contribution is 5.86. The first-order chi connectivity index (χ1) is 11.7. The molecule has 3 aromatic rings. The van der Waals surface area contributed by atoms with Gasteiger partial charge in [-0.25, -0.2) is 0 Å². The fraction of sp³-hybridized carbons (Fsp3) is 0.350. The molecule has 4 nitrogen and oxygen atoms in total. The molecule has 2 aromatic heterocycles.